The first-order valence-corrected chi connectivity index (χ1v) is 11.1. The molecule has 0 amide bonds. The molecule has 0 bridgehead atoms. The van der Waals surface area contributed by atoms with E-state index < -0.39 is 0 Å². The van der Waals surface area contributed by atoms with E-state index in [0.717, 1.165) is 55.2 Å². The number of thiocarbonyl (C=S) groups is 1. The second kappa shape index (κ2) is 9.20. The number of ether oxygens (including phenoxy) is 1. The van der Waals surface area contributed by atoms with Gasteiger partial charge in [0.2, 0.25) is 0 Å². The third-order valence-electron chi connectivity index (χ3n) is 6.58. The van der Waals surface area contributed by atoms with Gasteiger partial charge in [-0.05, 0) is 43.2 Å². The fraction of sp³-hybridized carbons (Fsp3) is 0.609. The zero-order chi connectivity index (χ0) is 18.5. The quantitative estimate of drug-likeness (QED) is 0.703. The predicted molar refractivity (Wildman–Crippen MR) is 116 cm³/mol. The summed E-state index contributed by atoms with van der Waals surface area (Å²) >= 11 is 5.93. The van der Waals surface area contributed by atoms with Crippen LogP contribution in [-0.2, 0) is 4.74 Å². The van der Waals surface area contributed by atoms with Gasteiger partial charge in [-0.15, -0.1) is 0 Å². The summed E-state index contributed by atoms with van der Waals surface area (Å²) < 4.78 is 5.59. The molecule has 0 spiro atoms. The molecule has 2 fully saturated rings. The van der Waals surface area contributed by atoms with Crippen LogP contribution in [0, 0.1) is 11.8 Å². The van der Waals surface area contributed by atoms with Crippen LogP contribution in [0.3, 0.4) is 0 Å². The van der Waals surface area contributed by atoms with Crippen LogP contribution in [-0.4, -0.2) is 36.2 Å². The maximum Gasteiger partial charge on any atom is 0.108 e. The Morgan fingerprint density at radius 1 is 0.963 bits per heavy atom. The molecule has 1 heterocycles. The zero-order valence-electron chi connectivity index (χ0n) is 16.3. The number of hydrogen-bond donors (Lipinski definition) is 1. The number of allylic oxidation sites excluding steroid dienone is 1. The van der Waals surface area contributed by atoms with Crippen LogP contribution in [0.4, 0.5) is 5.69 Å². The first-order chi connectivity index (χ1) is 13.3. The van der Waals surface area contributed by atoms with Crippen molar-refractivity contribution in [3.63, 3.8) is 0 Å². The average Bonchev–Trinajstić information content (AvgIpc) is 2.75. The van der Waals surface area contributed by atoms with E-state index in [1.165, 1.54) is 56.2 Å². The molecule has 1 saturated heterocycles. The Labute approximate surface area is 169 Å². The normalized spacial score (nSPS) is 24.7. The van der Waals surface area contributed by atoms with Crippen molar-refractivity contribution in [3.05, 3.63) is 41.6 Å². The van der Waals surface area contributed by atoms with E-state index in [4.69, 9.17) is 17.0 Å². The Hall–Kier alpha value is -1.39. The van der Waals surface area contributed by atoms with Crippen LogP contribution in [0.2, 0.25) is 0 Å². The van der Waals surface area contributed by atoms with Gasteiger partial charge in [-0.25, -0.2) is 0 Å². The van der Waals surface area contributed by atoms with Crippen molar-refractivity contribution in [2.75, 3.05) is 31.6 Å². The predicted octanol–water partition coefficient (Wildman–Crippen LogP) is 5.39. The van der Waals surface area contributed by atoms with Crippen LogP contribution in [0.5, 0.6) is 0 Å². The van der Waals surface area contributed by atoms with Crippen molar-refractivity contribution >= 4 is 22.9 Å². The van der Waals surface area contributed by atoms with Crippen molar-refractivity contribution in [2.24, 2.45) is 11.8 Å². The van der Waals surface area contributed by atoms with Gasteiger partial charge in [0, 0.05) is 30.0 Å². The Bertz CT molecular complexity index is 660. The van der Waals surface area contributed by atoms with Crippen molar-refractivity contribution < 1.29 is 4.74 Å². The Kier molecular flexibility index (Phi) is 6.46. The molecular weight excluding hydrogens is 352 g/mol. The number of morpholine rings is 1. The van der Waals surface area contributed by atoms with Gasteiger partial charge >= 0.3 is 0 Å². The lowest BCUT2D eigenvalue weighted by Crippen LogP contribution is -2.39. The number of anilines is 1. The number of nitrogens with zero attached hydrogens (tertiary/aromatic N) is 1. The lowest BCUT2D eigenvalue weighted by molar-refractivity contribution is 0.0495. The fourth-order valence-corrected chi connectivity index (χ4v) is 5.42. The number of hydrogen-bond acceptors (Lipinski definition) is 3. The molecule has 1 saturated carbocycles. The minimum atomic E-state index is 0.806. The molecular formula is C23H32N2OS. The second-order valence-electron chi connectivity index (χ2n) is 8.25. The van der Waals surface area contributed by atoms with Crippen LogP contribution >= 0.6 is 12.2 Å². The molecule has 0 aromatic heterocycles. The number of benzene rings is 1. The molecule has 1 aliphatic heterocycles. The van der Waals surface area contributed by atoms with E-state index in [1.54, 1.807) is 0 Å². The van der Waals surface area contributed by atoms with E-state index >= 15 is 0 Å². The summed E-state index contributed by atoms with van der Waals surface area (Å²) in [4.78, 5) is 3.47. The van der Waals surface area contributed by atoms with Gasteiger partial charge in [0.15, 0.2) is 0 Å². The molecule has 146 valence electrons. The lowest BCUT2D eigenvalue weighted by atomic mass is 9.72. The highest BCUT2D eigenvalue weighted by Gasteiger charge is 2.32. The van der Waals surface area contributed by atoms with E-state index in [2.05, 4.69) is 34.5 Å². The molecule has 4 rings (SSSR count). The van der Waals surface area contributed by atoms with Gasteiger partial charge in [0.1, 0.15) is 4.99 Å². The molecule has 1 unspecified atom stereocenters. The smallest absolute Gasteiger partial charge is 0.108 e. The Balaban J connectivity index is 1.55. The van der Waals surface area contributed by atoms with Crippen LogP contribution in [0.25, 0.3) is 0 Å². The molecule has 3 nitrogen and oxygen atoms in total. The van der Waals surface area contributed by atoms with Crippen molar-refractivity contribution in [1.29, 1.82) is 0 Å². The molecule has 0 radical (unpaired) electrons. The largest absolute Gasteiger partial charge is 0.378 e. The summed E-state index contributed by atoms with van der Waals surface area (Å²) in [5, 5.41) is 3.52. The first-order valence-electron chi connectivity index (χ1n) is 10.7. The fourth-order valence-electron chi connectivity index (χ4n) is 5.10. The third kappa shape index (κ3) is 4.72. The van der Waals surface area contributed by atoms with Gasteiger partial charge in [-0.1, -0.05) is 62.5 Å². The van der Waals surface area contributed by atoms with Crippen LogP contribution in [0.15, 0.2) is 41.6 Å². The maximum absolute atomic E-state index is 5.93. The molecule has 1 aromatic rings. The van der Waals surface area contributed by atoms with Crippen molar-refractivity contribution in [2.45, 2.75) is 51.4 Å². The monoisotopic (exact) mass is 384 g/mol. The van der Waals surface area contributed by atoms with Gasteiger partial charge < -0.3 is 15.0 Å². The minimum Gasteiger partial charge on any atom is -0.378 e. The molecule has 2 aliphatic carbocycles. The average molecular weight is 385 g/mol. The van der Waals surface area contributed by atoms with Gasteiger partial charge in [0.05, 0.1) is 13.2 Å². The summed E-state index contributed by atoms with van der Waals surface area (Å²) in [5.41, 5.74) is 3.98. The van der Waals surface area contributed by atoms with Crippen LogP contribution < -0.4 is 5.32 Å². The van der Waals surface area contributed by atoms with E-state index in [1.807, 2.05) is 6.07 Å². The molecule has 1 aromatic carbocycles. The first kappa shape index (κ1) is 18.9. The zero-order valence-corrected chi connectivity index (χ0v) is 17.1. The standard InChI is InChI=1S/C23H32N2OS/c27-23(24-20-9-5-2-6-10-20)21-17-19(18-7-3-1-4-8-18)11-12-22(21)25-13-15-26-16-14-25/h2,5-6,9-10,18-19H,1,3-4,7-8,11-17H2,(H,24,27). The van der Waals surface area contributed by atoms with E-state index in [0.29, 0.717) is 0 Å². The third-order valence-corrected chi connectivity index (χ3v) is 6.93. The maximum atomic E-state index is 5.93. The SMILES string of the molecule is S=C(Nc1ccccc1)C1=C(N2CCOCC2)CCC(C2CCCCC2)C1. The molecule has 1 atom stereocenters. The van der Waals surface area contributed by atoms with E-state index in [-0.39, 0.29) is 0 Å². The number of nitrogens with one attached hydrogen (secondary N) is 1. The highest BCUT2D eigenvalue weighted by Crippen LogP contribution is 2.41. The van der Waals surface area contributed by atoms with Gasteiger partial charge in [-0.3, -0.25) is 0 Å². The Morgan fingerprint density at radius 3 is 2.44 bits per heavy atom. The summed E-state index contributed by atoms with van der Waals surface area (Å²) in [6, 6.07) is 10.4. The molecule has 1 N–H and O–H groups in total. The Morgan fingerprint density at radius 2 is 1.70 bits per heavy atom. The molecule has 4 heteroatoms. The number of rotatable bonds is 4. The van der Waals surface area contributed by atoms with Crippen molar-refractivity contribution in [3.8, 4) is 0 Å². The molecule has 3 aliphatic rings. The topological polar surface area (TPSA) is 24.5 Å². The minimum absolute atomic E-state index is 0.806. The number of para-hydroxylation sites is 1. The lowest BCUT2D eigenvalue weighted by Gasteiger charge is -2.40. The molecule has 27 heavy (non-hydrogen) atoms. The highest BCUT2D eigenvalue weighted by atomic mass is 32.1. The summed E-state index contributed by atoms with van der Waals surface area (Å²) in [6.07, 6.45) is 10.8. The second-order valence-corrected chi connectivity index (χ2v) is 8.65. The highest BCUT2D eigenvalue weighted by molar-refractivity contribution is 7.81. The van der Waals surface area contributed by atoms with Crippen molar-refractivity contribution in [1.82, 2.24) is 4.90 Å². The van der Waals surface area contributed by atoms with Gasteiger partial charge in [0.25, 0.3) is 0 Å². The summed E-state index contributed by atoms with van der Waals surface area (Å²) in [5.74, 6) is 1.71. The summed E-state index contributed by atoms with van der Waals surface area (Å²) in [7, 11) is 0. The summed E-state index contributed by atoms with van der Waals surface area (Å²) in [6.45, 7) is 3.67. The van der Waals surface area contributed by atoms with Crippen LogP contribution in [0.1, 0.15) is 51.4 Å². The van der Waals surface area contributed by atoms with Gasteiger partial charge in [-0.2, -0.15) is 0 Å². The van der Waals surface area contributed by atoms with E-state index in [9.17, 15) is 0 Å².